The first-order valence-electron chi connectivity index (χ1n) is 9.01. The van der Waals surface area contributed by atoms with Crippen LogP contribution in [0.1, 0.15) is 18.5 Å². The normalized spacial score (nSPS) is 16.2. The highest BCUT2D eigenvalue weighted by Gasteiger charge is 2.23. The molecule has 3 rings (SSSR count). The van der Waals surface area contributed by atoms with Gasteiger partial charge in [-0.15, -0.1) is 0 Å². The van der Waals surface area contributed by atoms with Gasteiger partial charge in [-0.25, -0.2) is 13.2 Å². The number of hydrogen-bond acceptors (Lipinski definition) is 2. The van der Waals surface area contributed by atoms with Crippen molar-refractivity contribution in [2.75, 3.05) is 37.6 Å². The fourth-order valence-electron chi connectivity index (χ4n) is 3.36. The van der Waals surface area contributed by atoms with Crippen molar-refractivity contribution in [1.29, 1.82) is 0 Å². The summed E-state index contributed by atoms with van der Waals surface area (Å²) in [6, 6.07) is 9.22. The second kappa shape index (κ2) is 8.43. The third kappa shape index (κ3) is 5.01. The van der Waals surface area contributed by atoms with Crippen molar-refractivity contribution in [1.82, 2.24) is 5.32 Å². The van der Waals surface area contributed by atoms with Crippen molar-refractivity contribution < 1.29 is 22.9 Å². The van der Waals surface area contributed by atoms with Gasteiger partial charge in [0.2, 0.25) is 0 Å². The maximum Gasteiger partial charge on any atom is 0.275 e. The number of piperazine rings is 1. The molecule has 1 fully saturated rings. The molecular weight excluding hydrogens is 355 g/mol. The summed E-state index contributed by atoms with van der Waals surface area (Å²) in [7, 11) is 0. The van der Waals surface area contributed by atoms with Gasteiger partial charge in [0.25, 0.3) is 5.91 Å². The monoisotopic (exact) mass is 378 g/mol. The number of nitrogens with one attached hydrogen (secondary N) is 2. The number of carbonyl (C=O) groups is 1. The number of nitrogens with zero attached hydrogens (tertiary/aromatic N) is 1. The smallest absolute Gasteiger partial charge is 0.275 e. The molecule has 1 saturated heterocycles. The third-order valence-electron chi connectivity index (χ3n) is 4.88. The van der Waals surface area contributed by atoms with Crippen LogP contribution in [0.25, 0.3) is 0 Å². The van der Waals surface area contributed by atoms with E-state index in [1.54, 1.807) is 19.1 Å². The molecule has 0 unspecified atom stereocenters. The summed E-state index contributed by atoms with van der Waals surface area (Å²) in [5.74, 6) is -1.73. The molecule has 1 amide bonds. The van der Waals surface area contributed by atoms with Crippen molar-refractivity contribution in [2.45, 2.75) is 13.0 Å². The molecule has 0 aliphatic carbocycles. The fraction of sp³-hybridized carbons (Fsp3) is 0.350. The molecular formula is C20H23F3N3O+. The predicted molar refractivity (Wildman–Crippen MR) is 97.1 cm³/mol. The number of benzene rings is 2. The maximum absolute atomic E-state index is 13.8. The van der Waals surface area contributed by atoms with Gasteiger partial charge in [-0.05, 0) is 37.3 Å². The zero-order chi connectivity index (χ0) is 19.4. The maximum atomic E-state index is 13.8. The predicted octanol–water partition coefficient (Wildman–Crippen LogP) is 1.69. The molecule has 2 N–H and O–H groups in total. The lowest BCUT2D eigenvalue weighted by Crippen LogP contribution is -3.15. The van der Waals surface area contributed by atoms with Gasteiger partial charge in [-0.1, -0.05) is 6.07 Å². The Morgan fingerprint density at radius 3 is 2.33 bits per heavy atom. The highest BCUT2D eigenvalue weighted by atomic mass is 19.1. The lowest BCUT2D eigenvalue weighted by Gasteiger charge is -2.33. The molecule has 2 aromatic carbocycles. The minimum Gasteiger partial charge on any atom is -0.360 e. The highest BCUT2D eigenvalue weighted by Crippen LogP contribution is 2.17. The van der Waals surface area contributed by atoms with Crippen LogP contribution in [0.2, 0.25) is 0 Å². The van der Waals surface area contributed by atoms with E-state index in [2.05, 4.69) is 10.2 Å². The van der Waals surface area contributed by atoms with Crippen molar-refractivity contribution >= 4 is 11.6 Å². The zero-order valence-electron chi connectivity index (χ0n) is 15.1. The van der Waals surface area contributed by atoms with E-state index in [-0.39, 0.29) is 17.3 Å². The lowest BCUT2D eigenvalue weighted by atomic mass is 10.1. The Morgan fingerprint density at radius 2 is 1.70 bits per heavy atom. The molecule has 1 aliphatic rings. The summed E-state index contributed by atoms with van der Waals surface area (Å²) in [5, 5.41) is 2.78. The first-order valence-corrected chi connectivity index (χ1v) is 9.01. The van der Waals surface area contributed by atoms with E-state index in [4.69, 9.17) is 0 Å². The number of halogens is 3. The molecule has 144 valence electrons. The molecule has 27 heavy (non-hydrogen) atoms. The van der Waals surface area contributed by atoms with Crippen LogP contribution < -0.4 is 15.1 Å². The van der Waals surface area contributed by atoms with Gasteiger partial charge in [-0.3, -0.25) is 4.79 Å². The van der Waals surface area contributed by atoms with E-state index in [0.29, 0.717) is 6.54 Å². The van der Waals surface area contributed by atoms with E-state index in [0.717, 1.165) is 42.8 Å². The third-order valence-corrected chi connectivity index (χ3v) is 4.88. The number of anilines is 1. The Kier molecular flexibility index (Phi) is 6.01. The summed E-state index contributed by atoms with van der Waals surface area (Å²) >= 11 is 0. The van der Waals surface area contributed by atoms with Gasteiger partial charge >= 0.3 is 0 Å². The Bertz CT molecular complexity index is 790. The van der Waals surface area contributed by atoms with Crippen LogP contribution in [0.15, 0.2) is 42.5 Å². The van der Waals surface area contributed by atoms with Gasteiger partial charge in [0.15, 0.2) is 6.54 Å². The molecule has 7 heteroatoms. The highest BCUT2D eigenvalue weighted by molar-refractivity contribution is 5.77. The summed E-state index contributed by atoms with van der Waals surface area (Å²) in [5.41, 5.74) is 1.24. The fourth-order valence-corrected chi connectivity index (χ4v) is 3.36. The van der Waals surface area contributed by atoms with E-state index < -0.39 is 17.7 Å². The minimum absolute atomic E-state index is 0.170. The quantitative estimate of drug-likeness (QED) is 0.831. The van der Waals surface area contributed by atoms with Crippen molar-refractivity contribution in [2.24, 2.45) is 0 Å². The first kappa shape index (κ1) is 19.2. The van der Waals surface area contributed by atoms with Gasteiger partial charge < -0.3 is 15.1 Å². The topological polar surface area (TPSA) is 36.8 Å². The summed E-state index contributed by atoms with van der Waals surface area (Å²) < 4.78 is 39.8. The Morgan fingerprint density at radius 1 is 1.07 bits per heavy atom. The molecule has 1 heterocycles. The largest absolute Gasteiger partial charge is 0.360 e. The van der Waals surface area contributed by atoms with Gasteiger partial charge in [0.1, 0.15) is 17.5 Å². The lowest BCUT2D eigenvalue weighted by molar-refractivity contribution is -0.892. The number of hydrogen-bond donors (Lipinski definition) is 2. The van der Waals surface area contributed by atoms with E-state index in [1.165, 1.54) is 24.3 Å². The van der Waals surface area contributed by atoms with Gasteiger partial charge in [0, 0.05) is 17.3 Å². The van der Waals surface area contributed by atoms with E-state index in [1.807, 2.05) is 0 Å². The molecule has 0 aromatic heterocycles. The number of rotatable bonds is 5. The van der Waals surface area contributed by atoms with Gasteiger partial charge in [-0.2, -0.15) is 0 Å². The van der Waals surface area contributed by atoms with Crippen molar-refractivity contribution in [3.8, 4) is 0 Å². The average molecular weight is 378 g/mol. The summed E-state index contributed by atoms with van der Waals surface area (Å²) in [6.07, 6.45) is 0. The Balaban J connectivity index is 1.48. The Hall–Kier alpha value is -2.54. The molecule has 0 saturated carbocycles. The summed E-state index contributed by atoms with van der Waals surface area (Å²) in [6.45, 7) is 5.08. The molecule has 2 aromatic rings. The molecule has 0 spiro atoms. The van der Waals surface area contributed by atoms with Crippen LogP contribution >= 0.6 is 0 Å². The van der Waals surface area contributed by atoms with E-state index in [9.17, 15) is 18.0 Å². The van der Waals surface area contributed by atoms with Crippen molar-refractivity contribution in [3.05, 3.63) is 65.5 Å². The van der Waals surface area contributed by atoms with Crippen LogP contribution in [0, 0.1) is 17.5 Å². The van der Waals surface area contributed by atoms with Crippen LogP contribution in [0.5, 0.6) is 0 Å². The van der Waals surface area contributed by atoms with Crippen LogP contribution in [0.3, 0.4) is 0 Å². The molecule has 4 nitrogen and oxygen atoms in total. The Labute approximate surface area is 156 Å². The van der Waals surface area contributed by atoms with Crippen LogP contribution in [-0.4, -0.2) is 38.6 Å². The standard InChI is InChI=1S/C20H22F3N3O/c1-14(18-7-4-16(22)12-19(18)23)24-20(27)13-25-8-10-26(11-9-25)17-5-2-15(21)3-6-17/h2-7,12,14H,8-11,13H2,1H3,(H,24,27)/p+1/t14-/m0/s1. The first-order chi connectivity index (χ1) is 12.9. The van der Waals surface area contributed by atoms with Gasteiger partial charge in [0.05, 0.1) is 32.2 Å². The number of quaternary nitrogens is 1. The molecule has 0 radical (unpaired) electrons. The van der Waals surface area contributed by atoms with Crippen molar-refractivity contribution in [3.63, 3.8) is 0 Å². The van der Waals surface area contributed by atoms with Crippen LogP contribution in [-0.2, 0) is 4.79 Å². The minimum atomic E-state index is -0.664. The second-order valence-corrected chi connectivity index (χ2v) is 6.85. The summed E-state index contributed by atoms with van der Waals surface area (Å²) in [4.78, 5) is 15.6. The number of carbonyl (C=O) groups excluding carboxylic acids is 1. The van der Waals surface area contributed by atoms with E-state index >= 15 is 0 Å². The number of amides is 1. The average Bonchev–Trinajstić information content (AvgIpc) is 2.63. The zero-order valence-corrected chi connectivity index (χ0v) is 15.1. The molecule has 1 atom stereocenters. The second-order valence-electron chi connectivity index (χ2n) is 6.85. The molecule has 1 aliphatic heterocycles. The SMILES string of the molecule is C[C@H](NC(=O)C[NH+]1CCN(c2ccc(F)cc2)CC1)c1ccc(F)cc1F. The molecule has 0 bridgehead atoms. The van der Waals surface area contributed by atoms with Crippen LogP contribution in [0.4, 0.5) is 18.9 Å².